The van der Waals surface area contributed by atoms with Gasteiger partial charge in [-0.05, 0) is 85.1 Å². The van der Waals surface area contributed by atoms with Crippen molar-refractivity contribution in [2.24, 2.45) is 0 Å². The van der Waals surface area contributed by atoms with E-state index in [0.29, 0.717) is 36.7 Å². The monoisotopic (exact) mass is 526 g/mol. The van der Waals surface area contributed by atoms with Crippen molar-refractivity contribution < 1.29 is 10.2 Å². The van der Waals surface area contributed by atoms with Crippen LogP contribution in [-0.4, -0.2) is 22.3 Å². The molecule has 2 saturated carbocycles. The summed E-state index contributed by atoms with van der Waals surface area (Å²) in [5.41, 5.74) is 6.94. The Labute approximate surface area is 230 Å². The van der Waals surface area contributed by atoms with Crippen molar-refractivity contribution in [2.45, 2.75) is 116 Å². The van der Waals surface area contributed by atoms with Gasteiger partial charge in [0.1, 0.15) is 11.5 Å². The Morgan fingerprint density at radius 2 is 1.03 bits per heavy atom. The minimum absolute atomic E-state index is 0. The van der Waals surface area contributed by atoms with Gasteiger partial charge < -0.3 is 20.8 Å². The van der Waals surface area contributed by atoms with Crippen LogP contribution < -0.4 is 10.6 Å². The Balaban J connectivity index is 0.00000380. The lowest BCUT2D eigenvalue weighted by Crippen LogP contribution is -2.30. The molecule has 0 saturated heterocycles. The third-order valence-corrected chi connectivity index (χ3v) is 8.30. The highest BCUT2D eigenvalue weighted by molar-refractivity contribution is 5.91. The highest BCUT2D eigenvalue weighted by Crippen LogP contribution is 2.35. The summed E-state index contributed by atoms with van der Waals surface area (Å²) in [6.07, 6.45) is 14.7. The van der Waals surface area contributed by atoms with Gasteiger partial charge in [-0.1, -0.05) is 64.5 Å². The maximum atomic E-state index is 10.6. The average molecular weight is 527 g/mol. The van der Waals surface area contributed by atoms with Gasteiger partial charge in [-0.2, -0.15) is 0 Å². The standard InChI is InChI=1S/C32H46N2O2.ClH/c1-3-29(23-15-17-31(35)25(19-23)21-33-27-11-7-5-8-12-27)30(4-2)24-16-18-32(36)26(20-24)22-34-28-13-9-6-10-14-28;/h15-20,27-28,33-36H,3-14,21-22H2,1-2H3;1H/b30-29+;. The van der Waals surface area contributed by atoms with E-state index in [1.54, 1.807) is 0 Å². The van der Waals surface area contributed by atoms with Crippen molar-refractivity contribution in [1.82, 2.24) is 10.6 Å². The van der Waals surface area contributed by atoms with Gasteiger partial charge in [-0.25, -0.2) is 0 Å². The van der Waals surface area contributed by atoms with E-state index in [1.165, 1.54) is 86.5 Å². The van der Waals surface area contributed by atoms with Gasteiger partial charge in [0.05, 0.1) is 0 Å². The molecule has 2 aromatic rings. The topological polar surface area (TPSA) is 64.5 Å². The molecule has 0 unspecified atom stereocenters. The number of phenols is 2. The van der Waals surface area contributed by atoms with Crippen LogP contribution in [0.5, 0.6) is 11.5 Å². The third-order valence-electron chi connectivity index (χ3n) is 8.30. The summed E-state index contributed by atoms with van der Waals surface area (Å²) < 4.78 is 0. The summed E-state index contributed by atoms with van der Waals surface area (Å²) in [4.78, 5) is 0. The number of halogens is 1. The van der Waals surface area contributed by atoms with Gasteiger partial charge in [0.15, 0.2) is 0 Å². The quantitative estimate of drug-likeness (QED) is 0.236. The maximum Gasteiger partial charge on any atom is 0.120 e. The van der Waals surface area contributed by atoms with E-state index < -0.39 is 0 Å². The molecule has 204 valence electrons. The van der Waals surface area contributed by atoms with Gasteiger partial charge in [-0.3, -0.25) is 0 Å². The first-order valence-electron chi connectivity index (χ1n) is 14.4. The summed E-state index contributed by atoms with van der Waals surface area (Å²) in [6.45, 7) is 5.84. The molecule has 5 heteroatoms. The Kier molecular flexibility index (Phi) is 11.8. The second-order valence-corrected chi connectivity index (χ2v) is 10.8. The summed E-state index contributed by atoms with van der Waals surface area (Å²) in [5.74, 6) is 0.743. The van der Waals surface area contributed by atoms with Crippen LogP contribution in [0.15, 0.2) is 36.4 Å². The van der Waals surface area contributed by atoms with Crippen LogP contribution in [-0.2, 0) is 13.1 Å². The van der Waals surface area contributed by atoms with Crippen LogP contribution in [0.4, 0.5) is 0 Å². The first-order valence-corrected chi connectivity index (χ1v) is 14.4. The number of allylic oxidation sites excluding steroid dienone is 2. The molecule has 4 nitrogen and oxygen atoms in total. The zero-order chi connectivity index (χ0) is 25.3. The number of hydrogen-bond donors (Lipinski definition) is 4. The van der Waals surface area contributed by atoms with Gasteiger partial charge in [0.25, 0.3) is 0 Å². The second kappa shape index (κ2) is 14.8. The van der Waals surface area contributed by atoms with Crippen molar-refractivity contribution in [3.63, 3.8) is 0 Å². The number of rotatable bonds is 10. The van der Waals surface area contributed by atoms with Crippen molar-refractivity contribution in [3.05, 3.63) is 58.7 Å². The molecule has 4 N–H and O–H groups in total. The lowest BCUT2D eigenvalue weighted by atomic mass is 9.89. The fraction of sp³-hybridized carbons (Fsp3) is 0.562. The summed E-state index contributed by atoms with van der Waals surface area (Å²) >= 11 is 0. The molecule has 0 spiro atoms. The van der Waals surface area contributed by atoms with Crippen molar-refractivity contribution >= 4 is 23.6 Å². The third kappa shape index (κ3) is 7.99. The van der Waals surface area contributed by atoms with E-state index in [4.69, 9.17) is 0 Å². The smallest absolute Gasteiger partial charge is 0.120 e. The van der Waals surface area contributed by atoms with E-state index >= 15 is 0 Å². The average Bonchev–Trinajstić information content (AvgIpc) is 2.92. The molecule has 0 amide bonds. The van der Waals surface area contributed by atoms with E-state index in [2.05, 4.69) is 48.7 Å². The van der Waals surface area contributed by atoms with Gasteiger partial charge in [-0.15, -0.1) is 12.4 Å². The first-order chi connectivity index (χ1) is 17.6. The number of nitrogens with one attached hydrogen (secondary N) is 2. The zero-order valence-electron chi connectivity index (χ0n) is 22.8. The fourth-order valence-corrected chi connectivity index (χ4v) is 6.14. The first kappa shape index (κ1) is 29.5. The lowest BCUT2D eigenvalue weighted by Gasteiger charge is -2.24. The van der Waals surface area contributed by atoms with E-state index in [0.717, 1.165) is 24.0 Å². The molecule has 2 aliphatic rings. The largest absolute Gasteiger partial charge is 0.508 e. The van der Waals surface area contributed by atoms with E-state index in [9.17, 15) is 10.2 Å². The predicted octanol–water partition coefficient (Wildman–Crippen LogP) is 8.10. The van der Waals surface area contributed by atoms with E-state index in [1.807, 2.05) is 12.1 Å². The Morgan fingerprint density at radius 1 is 0.649 bits per heavy atom. The molecule has 0 atom stereocenters. The molecule has 0 radical (unpaired) electrons. The highest BCUT2D eigenvalue weighted by Gasteiger charge is 2.17. The fourth-order valence-electron chi connectivity index (χ4n) is 6.14. The summed E-state index contributed by atoms with van der Waals surface area (Å²) in [7, 11) is 0. The number of aromatic hydroxyl groups is 2. The summed E-state index contributed by atoms with van der Waals surface area (Å²) in [5, 5.41) is 28.5. The van der Waals surface area contributed by atoms with E-state index in [-0.39, 0.29) is 12.4 Å². The molecular formula is C32H47ClN2O2. The lowest BCUT2D eigenvalue weighted by molar-refractivity contribution is 0.369. The van der Waals surface area contributed by atoms with Gasteiger partial charge in [0.2, 0.25) is 0 Å². The normalized spacial score (nSPS) is 17.8. The number of phenolic OH excluding ortho intramolecular Hbond substituents is 2. The molecule has 37 heavy (non-hydrogen) atoms. The van der Waals surface area contributed by atoms with Crippen molar-refractivity contribution in [2.75, 3.05) is 0 Å². The maximum absolute atomic E-state index is 10.6. The van der Waals surface area contributed by atoms with Crippen LogP contribution >= 0.6 is 12.4 Å². The van der Waals surface area contributed by atoms with Crippen LogP contribution in [0.25, 0.3) is 11.1 Å². The Bertz CT molecular complexity index is 942. The number of hydrogen-bond acceptors (Lipinski definition) is 4. The molecule has 4 rings (SSSR count). The van der Waals surface area contributed by atoms with Crippen molar-refractivity contribution in [1.29, 1.82) is 0 Å². The SMILES string of the molecule is CC/C(=C(/CC)c1ccc(O)c(CNC2CCCCC2)c1)c1ccc(O)c(CNC2CCCCC2)c1.Cl. The summed E-state index contributed by atoms with van der Waals surface area (Å²) in [6, 6.07) is 13.3. The van der Waals surface area contributed by atoms with Gasteiger partial charge in [0, 0.05) is 36.3 Å². The molecule has 0 heterocycles. The predicted molar refractivity (Wildman–Crippen MR) is 158 cm³/mol. The molecule has 2 aromatic carbocycles. The molecule has 2 fully saturated rings. The van der Waals surface area contributed by atoms with Crippen molar-refractivity contribution in [3.8, 4) is 11.5 Å². The number of benzene rings is 2. The minimum Gasteiger partial charge on any atom is -0.508 e. The molecular weight excluding hydrogens is 480 g/mol. The Morgan fingerprint density at radius 3 is 1.38 bits per heavy atom. The minimum atomic E-state index is 0. The highest BCUT2D eigenvalue weighted by atomic mass is 35.5. The van der Waals surface area contributed by atoms with Crippen LogP contribution in [0.2, 0.25) is 0 Å². The van der Waals surface area contributed by atoms with Crippen LogP contribution in [0.3, 0.4) is 0 Å². The molecule has 0 bridgehead atoms. The zero-order valence-corrected chi connectivity index (χ0v) is 23.6. The van der Waals surface area contributed by atoms with Crippen LogP contribution in [0.1, 0.15) is 113 Å². The Hall–Kier alpha value is -2.01. The van der Waals surface area contributed by atoms with Gasteiger partial charge >= 0.3 is 0 Å². The molecule has 0 aliphatic heterocycles. The molecule has 0 aromatic heterocycles. The molecule has 2 aliphatic carbocycles. The second-order valence-electron chi connectivity index (χ2n) is 10.8. The van der Waals surface area contributed by atoms with Crippen LogP contribution in [0, 0.1) is 0 Å².